The van der Waals surface area contributed by atoms with E-state index < -0.39 is 10.0 Å². The third kappa shape index (κ3) is 5.76. The summed E-state index contributed by atoms with van der Waals surface area (Å²) in [6.45, 7) is 6.00. The smallest absolute Gasteiger partial charge is 0.263 e. The molecule has 2 amide bonds. The fourth-order valence-corrected chi connectivity index (χ4v) is 6.17. The van der Waals surface area contributed by atoms with Crippen LogP contribution in [0.2, 0.25) is 0 Å². The van der Waals surface area contributed by atoms with Crippen molar-refractivity contribution in [1.29, 1.82) is 0 Å². The van der Waals surface area contributed by atoms with E-state index in [-0.39, 0.29) is 22.6 Å². The number of rotatable bonds is 9. The normalized spacial score (nSPS) is 15.2. The van der Waals surface area contributed by atoms with Crippen molar-refractivity contribution in [3.8, 4) is 0 Å². The van der Waals surface area contributed by atoms with Gasteiger partial charge in [0.15, 0.2) is 0 Å². The quantitative estimate of drug-likeness (QED) is 0.590. The fourth-order valence-electron chi connectivity index (χ4n) is 3.86. The maximum Gasteiger partial charge on any atom is 0.263 e. The standard InChI is InChI=1S/C23H31N3O4S2/c1-3-13-26(14-4-2)32(29,30)20-9-7-19(8-10-20)24-22(27)18-11-15-25(16-12-18)23(28)21-6-5-17-31-21/h5-10,17-18H,3-4,11-16H2,1-2H3,(H,24,27). The number of benzene rings is 1. The molecule has 2 heterocycles. The Kier molecular flexibility index (Phi) is 8.44. The molecule has 1 aliphatic rings. The molecule has 0 spiro atoms. The number of nitrogens with one attached hydrogen (secondary N) is 1. The van der Waals surface area contributed by atoms with E-state index in [2.05, 4.69) is 5.32 Å². The molecule has 1 N–H and O–H groups in total. The number of piperidine rings is 1. The van der Waals surface area contributed by atoms with Crippen molar-refractivity contribution < 1.29 is 18.0 Å². The number of hydrogen-bond acceptors (Lipinski definition) is 5. The van der Waals surface area contributed by atoms with E-state index in [1.807, 2.05) is 31.4 Å². The third-order valence-corrected chi connectivity index (χ3v) is 8.36. The summed E-state index contributed by atoms with van der Waals surface area (Å²) in [4.78, 5) is 27.9. The van der Waals surface area contributed by atoms with Crippen LogP contribution < -0.4 is 5.32 Å². The van der Waals surface area contributed by atoms with Crippen LogP contribution in [0.25, 0.3) is 0 Å². The van der Waals surface area contributed by atoms with Crippen LogP contribution in [0.3, 0.4) is 0 Å². The summed E-state index contributed by atoms with van der Waals surface area (Å²) >= 11 is 1.43. The summed E-state index contributed by atoms with van der Waals surface area (Å²) in [5, 5.41) is 4.78. The van der Waals surface area contributed by atoms with Crippen LogP contribution in [0.4, 0.5) is 5.69 Å². The Morgan fingerprint density at radius 2 is 1.69 bits per heavy atom. The molecule has 1 saturated heterocycles. The molecule has 1 aromatic heterocycles. The predicted octanol–water partition coefficient (Wildman–Crippen LogP) is 4.05. The molecular weight excluding hydrogens is 446 g/mol. The summed E-state index contributed by atoms with van der Waals surface area (Å²) < 4.78 is 27.2. The van der Waals surface area contributed by atoms with E-state index in [9.17, 15) is 18.0 Å². The van der Waals surface area contributed by atoms with Crippen molar-refractivity contribution >= 4 is 38.9 Å². The highest BCUT2D eigenvalue weighted by molar-refractivity contribution is 7.89. The molecule has 32 heavy (non-hydrogen) atoms. The highest BCUT2D eigenvalue weighted by Crippen LogP contribution is 2.23. The van der Waals surface area contributed by atoms with Gasteiger partial charge in [-0.1, -0.05) is 19.9 Å². The largest absolute Gasteiger partial charge is 0.338 e. The zero-order valence-corrected chi connectivity index (χ0v) is 20.3. The lowest BCUT2D eigenvalue weighted by atomic mass is 9.95. The Bertz CT molecular complexity index is 990. The van der Waals surface area contributed by atoms with Crippen LogP contribution in [0.5, 0.6) is 0 Å². The van der Waals surface area contributed by atoms with Crippen molar-refractivity contribution in [2.24, 2.45) is 5.92 Å². The number of nitrogens with zero attached hydrogens (tertiary/aromatic N) is 2. The van der Waals surface area contributed by atoms with Gasteiger partial charge in [-0.25, -0.2) is 8.42 Å². The first-order chi connectivity index (χ1) is 15.4. The van der Waals surface area contributed by atoms with Gasteiger partial charge in [-0.2, -0.15) is 4.31 Å². The number of likely N-dealkylation sites (tertiary alicyclic amines) is 1. The lowest BCUT2D eigenvalue weighted by Gasteiger charge is -2.31. The van der Waals surface area contributed by atoms with Gasteiger partial charge in [-0.15, -0.1) is 11.3 Å². The van der Waals surface area contributed by atoms with Gasteiger partial charge in [-0.3, -0.25) is 9.59 Å². The first kappa shape index (κ1) is 24.4. The zero-order chi connectivity index (χ0) is 23.1. The van der Waals surface area contributed by atoms with E-state index >= 15 is 0 Å². The second-order valence-electron chi connectivity index (χ2n) is 7.96. The van der Waals surface area contributed by atoms with Crippen molar-refractivity contribution in [2.75, 3.05) is 31.5 Å². The van der Waals surface area contributed by atoms with Gasteiger partial charge < -0.3 is 10.2 Å². The number of hydrogen-bond donors (Lipinski definition) is 1. The molecule has 0 aliphatic carbocycles. The van der Waals surface area contributed by atoms with Crippen molar-refractivity contribution in [2.45, 2.75) is 44.4 Å². The molecule has 0 radical (unpaired) electrons. The average molecular weight is 478 g/mol. The van der Waals surface area contributed by atoms with Gasteiger partial charge in [0.25, 0.3) is 5.91 Å². The molecule has 1 aliphatic heterocycles. The van der Waals surface area contributed by atoms with Crippen molar-refractivity contribution in [1.82, 2.24) is 9.21 Å². The SMILES string of the molecule is CCCN(CCC)S(=O)(=O)c1ccc(NC(=O)C2CCN(C(=O)c3cccs3)CC2)cc1. The number of carbonyl (C=O) groups is 2. The molecule has 9 heteroatoms. The second kappa shape index (κ2) is 11.1. The van der Waals surface area contributed by atoms with Crippen molar-refractivity contribution in [3.05, 3.63) is 46.7 Å². The van der Waals surface area contributed by atoms with E-state index in [4.69, 9.17) is 0 Å². The van der Waals surface area contributed by atoms with E-state index in [0.717, 1.165) is 17.7 Å². The van der Waals surface area contributed by atoms with E-state index in [1.54, 1.807) is 29.2 Å². The van der Waals surface area contributed by atoms with Gasteiger partial charge in [0.1, 0.15) is 0 Å². The minimum absolute atomic E-state index is 0.0239. The van der Waals surface area contributed by atoms with Gasteiger partial charge in [0, 0.05) is 37.8 Å². The number of thiophene rings is 1. The Morgan fingerprint density at radius 3 is 2.22 bits per heavy atom. The van der Waals surface area contributed by atoms with Crippen LogP contribution in [-0.4, -0.2) is 55.6 Å². The van der Waals surface area contributed by atoms with Gasteiger partial charge in [-0.05, 0) is 61.4 Å². The lowest BCUT2D eigenvalue weighted by molar-refractivity contribution is -0.121. The first-order valence-corrected chi connectivity index (χ1v) is 13.4. The van der Waals surface area contributed by atoms with Crippen LogP contribution in [0.1, 0.15) is 49.2 Å². The molecule has 174 valence electrons. The monoisotopic (exact) mass is 477 g/mol. The summed E-state index contributed by atoms with van der Waals surface area (Å²) in [6.07, 6.45) is 2.73. The topological polar surface area (TPSA) is 86.8 Å². The molecule has 1 fully saturated rings. The second-order valence-corrected chi connectivity index (χ2v) is 10.8. The first-order valence-electron chi connectivity index (χ1n) is 11.1. The molecule has 2 aromatic rings. The van der Waals surface area contributed by atoms with Gasteiger partial charge >= 0.3 is 0 Å². The number of anilines is 1. The molecule has 0 unspecified atom stereocenters. The summed E-state index contributed by atoms with van der Waals surface area (Å²) in [5.41, 5.74) is 0.573. The van der Waals surface area contributed by atoms with Crippen LogP contribution in [-0.2, 0) is 14.8 Å². The zero-order valence-electron chi connectivity index (χ0n) is 18.6. The number of sulfonamides is 1. The maximum absolute atomic E-state index is 12.9. The third-order valence-electron chi connectivity index (χ3n) is 5.59. The van der Waals surface area contributed by atoms with Crippen LogP contribution >= 0.6 is 11.3 Å². The number of amides is 2. The van der Waals surface area contributed by atoms with E-state index in [0.29, 0.717) is 44.7 Å². The summed E-state index contributed by atoms with van der Waals surface area (Å²) in [7, 11) is -3.54. The minimum atomic E-state index is -3.54. The summed E-state index contributed by atoms with van der Waals surface area (Å²) in [5.74, 6) is -0.242. The maximum atomic E-state index is 12.9. The molecule has 0 bridgehead atoms. The van der Waals surface area contributed by atoms with Crippen molar-refractivity contribution in [3.63, 3.8) is 0 Å². The highest BCUT2D eigenvalue weighted by Gasteiger charge is 2.28. The van der Waals surface area contributed by atoms with Crippen LogP contribution in [0, 0.1) is 5.92 Å². The minimum Gasteiger partial charge on any atom is -0.338 e. The Morgan fingerprint density at radius 1 is 1.06 bits per heavy atom. The Labute approximate surface area is 194 Å². The Hall–Kier alpha value is -2.23. The molecule has 7 nitrogen and oxygen atoms in total. The lowest BCUT2D eigenvalue weighted by Crippen LogP contribution is -2.41. The van der Waals surface area contributed by atoms with Gasteiger partial charge in [0.05, 0.1) is 9.77 Å². The fraction of sp³-hybridized carbons (Fsp3) is 0.478. The van der Waals surface area contributed by atoms with Crippen LogP contribution in [0.15, 0.2) is 46.7 Å². The molecular formula is C23H31N3O4S2. The summed E-state index contributed by atoms with van der Waals surface area (Å²) in [6, 6.07) is 10.0. The number of carbonyl (C=O) groups excluding carboxylic acids is 2. The average Bonchev–Trinajstić information content (AvgIpc) is 3.34. The molecule has 1 aromatic carbocycles. The molecule has 3 rings (SSSR count). The highest BCUT2D eigenvalue weighted by atomic mass is 32.2. The van der Waals surface area contributed by atoms with E-state index in [1.165, 1.54) is 15.6 Å². The predicted molar refractivity (Wildman–Crippen MR) is 127 cm³/mol. The molecule has 0 saturated carbocycles. The Balaban J connectivity index is 1.56. The van der Waals surface area contributed by atoms with Gasteiger partial charge in [0.2, 0.25) is 15.9 Å². The molecule has 0 atom stereocenters.